The van der Waals surface area contributed by atoms with Gasteiger partial charge in [-0.05, 0) is 29.8 Å². The molecule has 0 aliphatic heterocycles. The molecule has 0 saturated heterocycles. The van der Waals surface area contributed by atoms with Gasteiger partial charge < -0.3 is 15.4 Å². The number of alkyl halides is 3. The Hall–Kier alpha value is -3.21. The molecule has 130 valence electrons. The van der Waals surface area contributed by atoms with Gasteiger partial charge >= 0.3 is 12.2 Å². The Morgan fingerprint density at radius 2 is 1.92 bits per heavy atom. The molecular formula is C17H14F3N3O2. The van der Waals surface area contributed by atoms with Crippen LogP contribution in [0.2, 0.25) is 0 Å². The van der Waals surface area contributed by atoms with Crippen molar-refractivity contribution in [1.82, 2.24) is 5.32 Å². The van der Waals surface area contributed by atoms with Crippen LogP contribution >= 0.6 is 0 Å². The van der Waals surface area contributed by atoms with E-state index in [1.807, 2.05) is 6.07 Å². The van der Waals surface area contributed by atoms with Gasteiger partial charge in [0.1, 0.15) is 11.8 Å². The number of hydrogen-bond acceptors (Lipinski definition) is 3. The van der Waals surface area contributed by atoms with Crippen LogP contribution in [-0.4, -0.2) is 18.8 Å². The summed E-state index contributed by atoms with van der Waals surface area (Å²) < 4.78 is 41.1. The van der Waals surface area contributed by atoms with E-state index >= 15 is 0 Å². The number of carbonyl (C=O) groups is 1. The maximum Gasteiger partial charge on any atom is 0.422 e. The summed E-state index contributed by atoms with van der Waals surface area (Å²) >= 11 is 0. The smallest absolute Gasteiger partial charge is 0.422 e. The number of ether oxygens (including phenoxy) is 1. The molecule has 5 nitrogen and oxygen atoms in total. The summed E-state index contributed by atoms with van der Waals surface area (Å²) in [4.78, 5) is 11.9. The second-order valence-corrected chi connectivity index (χ2v) is 5.02. The first-order chi connectivity index (χ1) is 11.9. The number of nitrogens with zero attached hydrogens (tertiary/aromatic N) is 1. The summed E-state index contributed by atoms with van der Waals surface area (Å²) in [5, 5.41) is 14.1. The van der Waals surface area contributed by atoms with Crippen LogP contribution in [0, 0.1) is 11.3 Å². The molecule has 2 rings (SSSR count). The van der Waals surface area contributed by atoms with Crippen molar-refractivity contribution in [2.24, 2.45) is 0 Å². The van der Waals surface area contributed by atoms with Gasteiger partial charge in [-0.15, -0.1) is 0 Å². The van der Waals surface area contributed by atoms with Crippen molar-refractivity contribution >= 4 is 11.7 Å². The van der Waals surface area contributed by atoms with Crippen LogP contribution < -0.4 is 15.4 Å². The van der Waals surface area contributed by atoms with Gasteiger partial charge in [0.15, 0.2) is 6.61 Å². The van der Waals surface area contributed by atoms with E-state index in [1.54, 1.807) is 30.3 Å². The predicted octanol–water partition coefficient (Wildman–Crippen LogP) is 3.82. The van der Waals surface area contributed by atoms with E-state index in [9.17, 15) is 18.0 Å². The zero-order valence-electron chi connectivity index (χ0n) is 12.9. The maximum absolute atomic E-state index is 12.2. The molecule has 0 aliphatic rings. The van der Waals surface area contributed by atoms with Crippen molar-refractivity contribution in [1.29, 1.82) is 5.26 Å². The summed E-state index contributed by atoms with van der Waals surface area (Å²) in [7, 11) is 0. The number of amides is 2. The molecule has 0 saturated carbocycles. The fourth-order valence-electron chi connectivity index (χ4n) is 1.95. The first-order valence-electron chi connectivity index (χ1n) is 7.20. The largest absolute Gasteiger partial charge is 0.484 e. The van der Waals surface area contributed by atoms with Gasteiger partial charge in [-0.1, -0.05) is 24.3 Å². The number of anilines is 1. The van der Waals surface area contributed by atoms with Crippen LogP contribution in [0.1, 0.15) is 11.1 Å². The summed E-state index contributed by atoms with van der Waals surface area (Å²) in [6.07, 6.45) is -4.41. The molecule has 2 aromatic carbocycles. The van der Waals surface area contributed by atoms with Gasteiger partial charge in [0.2, 0.25) is 0 Å². The average molecular weight is 349 g/mol. The molecule has 0 unspecified atom stereocenters. The van der Waals surface area contributed by atoms with E-state index in [0.717, 1.165) is 0 Å². The maximum atomic E-state index is 12.2. The molecule has 0 bridgehead atoms. The Labute approximate surface area is 142 Å². The van der Waals surface area contributed by atoms with Crippen LogP contribution in [0.3, 0.4) is 0 Å². The molecule has 0 aliphatic carbocycles. The number of rotatable bonds is 5. The highest BCUT2D eigenvalue weighted by Crippen LogP contribution is 2.19. The van der Waals surface area contributed by atoms with Crippen molar-refractivity contribution in [3.05, 3.63) is 59.7 Å². The molecule has 25 heavy (non-hydrogen) atoms. The second kappa shape index (κ2) is 8.06. The van der Waals surface area contributed by atoms with Gasteiger partial charge in [-0.25, -0.2) is 4.79 Å². The fraction of sp³-hybridized carbons (Fsp3) is 0.176. The van der Waals surface area contributed by atoms with Crippen LogP contribution in [0.25, 0.3) is 0 Å². The first kappa shape index (κ1) is 18.1. The van der Waals surface area contributed by atoms with E-state index in [1.165, 1.54) is 18.2 Å². The number of carbonyl (C=O) groups excluding carboxylic acids is 1. The van der Waals surface area contributed by atoms with Crippen LogP contribution in [0.4, 0.5) is 23.7 Å². The molecule has 0 spiro atoms. The number of benzene rings is 2. The molecule has 2 aromatic rings. The Morgan fingerprint density at radius 1 is 1.16 bits per heavy atom. The number of para-hydroxylation sites is 1. The lowest BCUT2D eigenvalue weighted by Crippen LogP contribution is -2.28. The number of hydrogen-bond donors (Lipinski definition) is 2. The van der Waals surface area contributed by atoms with Crippen LogP contribution in [-0.2, 0) is 6.54 Å². The highest BCUT2D eigenvalue weighted by molar-refractivity contribution is 5.90. The van der Waals surface area contributed by atoms with Gasteiger partial charge in [-0.3, -0.25) is 0 Å². The second-order valence-electron chi connectivity index (χ2n) is 5.02. The van der Waals surface area contributed by atoms with Gasteiger partial charge in [0.25, 0.3) is 0 Å². The lowest BCUT2D eigenvalue weighted by Gasteiger charge is -2.11. The zero-order chi connectivity index (χ0) is 18.3. The predicted molar refractivity (Wildman–Crippen MR) is 85.0 cm³/mol. The Kier molecular flexibility index (Phi) is 5.84. The van der Waals surface area contributed by atoms with Crippen LogP contribution in [0.15, 0.2) is 48.5 Å². The highest BCUT2D eigenvalue weighted by atomic mass is 19.4. The Bertz CT molecular complexity index is 785. The number of urea groups is 1. The third-order valence-corrected chi connectivity index (χ3v) is 3.05. The van der Waals surface area contributed by atoms with E-state index in [-0.39, 0.29) is 12.3 Å². The van der Waals surface area contributed by atoms with Crippen molar-refractivity contribution in [3.8, 4) is 11.8 Å². The van der Waals surface area contributed by atoms with E-state index in [4.69, 9.17) is 5.26 Å². The molecule has 0 heterocycles. The SMILES string of the molecule is N#Cc1ccccc1NC(=O)NCc1cccc(OCC(F)(F)F)c1. The van der Waals surface area contributed by atoms with E-state index < -0.39 is 18.8 Å². The van der Waals surface area contributed by atoms with Gasteiger partial charge in [0.05, 0.1) is 11.3 Å². The van der Waals surface area contributed by atoms with Crippen molar-refractivity contribution in [2.75, 3.05) is 11.9 Å². The Balaban J connectivity index is 1.90. The fourth-order valence-corrected chi connectivity index (χ4v) is 1.95. The summed E-state index contributed by atoms with van der Waals surface area (Å²) in [5.74, 6) is 0.0619. The number of halogens is 3. The lowest BCUT2D eigenvalue weighted by atomic mass is 10.2. The van der Waals surface area contributed by atoms with Crippen molar-refractivity contribution in [2.45, 2.75) is 12.7 Å². The average Bonchev–Trinajstić information content (AvgIpc) is 2.58. The quantitative estimate of drug-likeness (QED) is 0.862. The molecule has 0 radical (unpaired) electrons. The van der Waals surface area contributed by atoms with Gasteiger partial charge in [0, 0.05) is 6.54 Å². The Morgan fingerprint density at radius 3 is 2.64 bits per heavy atom. The minimum Gasteiger partial charge on any atom is -0.484 e. The third-order valence-electron chi connectivity index (χ3n) is 3.05. The molecule has 2 amide bonds. The summed E-state index contributed by atoms with van der Waals surface area (Å²) in [6.45, 7) is -1.29. The monoisotopic (exact) mass is 349 g/mol. The van der Waals surface area contributed by atoms with Crippen LogP contribution in [0.5, 0.6) is 5.75 Å². The summed E-state index contributed by atoms with van der Waals surface area (Å²) in [6, 6.07) is 13.9. The van der Waals surface area contributed by atoms with Crippen molar-refractivity contribution in [3.63, 3.8) is 0 Å². The normalized spacial score (nSPS) is 10.6. The minimum atomic E-state index is -4.41. The third kappa shape index (κ3) is 6.06. The lowest BCUT2D eigenvalue weighted by molar-refractivity contribution is -0.153. The standard InChI is InChI=1S/C17H14F3N3O2/c18-17(19,20)11-25-14-6-3-4-12(8-14)10-22-16(24)23-15-7-2-1-5-13(15)9-21/h1-8H,10-11H2,(H2,22,23,24). The topological polar surface area (TPSA) is 74.2 Å². The number of nitrogens with one attached hydrogen (secondary N) is 2. The molecule has 0 aromatic heterocycles. The highest BCUT2D eigenvalue weighted by Gasteiger charge is 2.28. The zero-order valence-corrected chi connectivity index (χ0v) is 12.9. The molecule has 8 heteroatoms. The number of nitriles is 1. The van der Waals surface area contributed by atoms with E-state index in [0.29, 0.717) is 16.8 Å². The molecular weight excluding hydrogens is 335 g/mol. The summed E-state index contributed by atoms with van der Waals surface area (Å²) in [5.41, 5.74) is 1.26. The molecule has 0 fully saturated rings. The van der Waals surface area contributed by atoms with Crippen molar-refractivity contribution < 1.29 is 22.7 Å². The molecule has 0 atom stereocenters. The van der Waals surface area contributed by atoms with Gasteiger partial charge in [-0.2, -0.15) is 18.4 Å². The minimum absolute atomic E-state index is 0.0619. The first-order valence-corrected chi connectivity index (χ1v) is 7.20. The van der Waals surface area contributed by atoms with E-state index in [2.05, 4.69) is 15.4 Å². The molecule has 2 N–H and O–H groups in total.